The summed E-state index contributed by atoms with van der Waals surface area (Å²) in [6.07, 6.45) is 7.10. The summed E-state index contributed by atoms with van der Waals surface area (Å²) < 4.78 is 35.5. The largest absolute Gasteiger partial charge is 0.494 e. The Balaban J connectivity index is 1.57. The monoisotopic (exact) mass is 733 g/mol. The number of hydrogen-bond donors (Lipinski definition) is 1. The number of anilines is 1. The number of halogens is 1. The van der Waals surface area contributed by atoms with Crippen molar-refractivity contribution in [2.24, 2.45) is 0 Å². The van der Waals surface area contributed by atoms with Gasteiger partial charge >= 0.3 is 0 Å². The van der Waals surface area contributed by atoms with Gasteiger partial charge in [0.05, 0.1) is 17.2 Å². The summed E-state index contributed by atoms with van der Waals surface area (Å²) in [5, 5.41) is 3.68. The lowest BCUT2D eigenvalue weighted by Crippen LogP contribution is -2.55. The highest BCUT2D eigenvalue weighted by Crippen LogP contribution is 2.29. The van der Waals surface area contributed by atoms with Gasteiger partial charge in [-0.1, -0.05) is 79.4 Å². The Morgan fingerprint density at radius 3 is 2.20 bits per heavy atom. The highest BCUT2D eigenvalue weighted by Gasteiger charge is 2.35. The summed E-state index contributed by atoms with van der Waals surface area (Å²) >= 11 is 8.14. The Morgan fingerprint density at radius 2 is 1.56 bits per heavy atom. The van der Waals surface area contributed by atoms with Gasteiger partial charge in [-0.3, -0.25) is 13.9 Å². The first-order chi connectivity index (χ1) is 24.2. The second kappa shape index (κ2) is 17.8. The number of sulfonamides is 1. The summed E-state index contributed by atoms with van der Waals surface area (Å²) in [5.74, 6) is -0.237. The predicted molar refractivity (Wildman–Crippen MR) is 201 cm³/mol. The second-order valence-corrected chi connectivity index (χ2v) is 15.4. The lowest BCUT2D eigenvalue weighted by Gasteiger charge is -2.35. The molecule has 0 aliphatic heterocycles. The summed E-state index contributed by atoms with van der Waals surface area (Å²) in [4.78, 5) is 31.5. The number of amides is 2. The highest BCUT2D eigenvalue weighted by molar-refractivity contribution is 7.98. The Bertz CT molecular complexity index is 1820. The molecular weight excluding hydrogens is 690 g/mol. The second-order valence-electron chi connectivity index (χ2n) is 12.3. The summed E-state index contributed by atoms with van der Waals surface area (Å²) in [6, 6.07) is 29.0. The van der Waals surface area contributed by atoms with E-state index in [4.69, 9.17) is 16.3 Å². The van der Waals surface area contributed by atoms with E-state index in [0.717, 1.165) is 46.9 Å². The number of carbonyl (C=O) groups excluding carboxylic acids is 2. The van der Waals surface area contributed by atoms with Crippen LogP contribution in [0.5, 0.6) is 5.75 Å². The molecule has 50 heavy (non-hydrogen) atoms. The summed E-state index contributed by atoms with van der Waals surface area (Å²) in [5.41, 5.74) is 1.81. The third-order valence-electron chi connectivity index (χ3n) is 8.88. The molecule has 8 nitrogen and oxygen atoms in total. The van der Waals surface area contributed by atoms with Gasteiger partial charge in [-0.2, -0.15) is 0 Å². The molecule has 1 fully saturated rings. The Morgan fingerprint density at radius 1 is 0.900 bits per heavy atom. The number of thioether (sulfide) groups is 1. The van der Waals surface area contributed by atoms with Gasteiger partial charge in [0.1, 0.15) is 18.3 Å². The molecule has 4 aromatic carbocycles. The van der Waals surface area contributed by atoms with Crippen molar-refractivity contribution in [2.45, 2.75) is 73.9 Å². The normalized spacial score (nSPS) is 14.1. The van der Waals surface area contributed by atoms with Crippen LogP contribution in [0, 0.1) is 0 Å². The first-order valence-electron chi connectivity index (χ1n) is 17.0. The quantitative estimate of drug-likeness (QED) is 0.126. The van der Waals surface area contributed by atoms with E-state index in [0.29, 0.717) is 28.6 Å². The van der Waals surface area contributed by atoms with E-state index in [1.54, 1.807) is 60.7 Å². The number of benzene rings is 4. The van der Waals surface area contributed by atoms with E-state index in [1.807, 2.05) is 55.6 Å². The van der Waals surface area contributed by atoms with Crippen LogP contribution in [0.25, 0.3) is 0 Å². The van der Waals surface area contributed by atoms with Crippen molar-refractivity contribution in [1.82, 2.24) is 10.2 Å². The van der Waals surface area contributed by atoms with E-state index >= 15 is 0 Å². The Kier molecular flexibility index (Phi) is 13.3. The fourth-order valence-corrected chi connectivity index (χ4v) is 8.21. The van der Waals surface area contributed by atoms with Crippen molar-refractivity contribution in [2.75, 3.05) is 23.7 Å². The van der Waals surface area contributed by atoms with E-state index in [1.165, 1.54) is 16.7 Å². The topological polar surface area (TPSA) is 96.0 Å². The molecule has 11 heteroatoms. The predicted octanol–water partition coefficient (Wildman–Crippen LogP) is 7.74. The van der Waals surface area contributed by atoms with Gasteiger partial charge in [0.15, 0.2) is 0 Å². The lowest BCUT2D eigenvalue weighted by molar-refractivity contribution is -0.140. The third-order valence-corrected chi connectivity index (χ3v) is 11.8. The van der Waals surface area contributed by atoms with Gasteiger partial charge in [0.2, 0.25) is 11.8 Å². The molecule has 0 spiro atoms. The highest BCUT2D eigenvalue weighted by atomic mass is 35.5. The van der Waals surface area contributed by atoms with Crippen LogP contribution in [-0.4, -0.2) is 56.6 Å². The summed E-state index contributed by atoms with van der Waals surface area (Å²) in [7, 11) is -4.23. The molecule has 0 aromatic heterocycles. The number of hydrogen-bond acceptors (Lipinski definition) is 6. The van der Waals surface area contributed by atoms with Crippen molar-refractivity contribution in [3.8, 4) is 5.75 Å². The first-order valence-corrected chi connectivity index (χ1v) is 20.0. The zero-order valence-electron chi connectivity index (χ0n) is 28.5. The molecule has 0 heterocycles. The molecule has 0 unspecified atom stereocenters. The Labute approximate surface area is 305 Å². The van der Waals surface area contributed by atoms with Crippen LogP contribution in [0.15, 0.2) is 113 Å². The van der Waals surface area contributed by atoms with Crippen LogP contribution < -0.4 is 14.4 Å². The van der Waals surface area contributed by atoms with Crippen molar-refractivity contribution in [3.63, 3.8) is 0 Å². The average Bonchev–Trinajstić information content (AvgIpc) is 3.14. The van der Waals surface area contributed by atoms with Crippen LogP contribution in [0.1, 0.15) is 50.2 Å². The smallest absolute Gasteiger partial charge is 0.264 e. The van der Waals surface area contributed by atoms with Gasteiger partial charge in [0, 0.05) is 28.9 Å². The van der Waals surface area contributed by atoms with E-state index in [9.17, 15) is 18.0 Å². The fraction of sp³-hybridized carbons (Fsp3) is 0.333. The number of rotatable bonds is 15. The lowest BCUT2D eigenvalue weighted by atomic mass is 9.94. The molecule has 1 aliphatic carbocycles. The molecule has 1 atom stereocenters. The zero-order valence-corrected chi connectivity index (χ0v) is 30.9. The number of carbonyl (C=O) groups is 2. The van der Waals surface area contributed by atoms with Gasteiger partial charge in [-0.05, 0) is 91.7 Å². The van der Waals surface area contributed by atoms with Crippen LogP contribution in [-0.2, 0) is 32.6 Å². The number of nitrogens with one attached hydrogen (secondary N) is 1. The van der Waals surface area contributed by atoms with Gasteiger partial charge < -0.3 is 15.0 Å². The molecule has 264 valence electrons. The third kappa shape index (κ3) is 9.62. The molecule has 0 bridgehead atoms. The van der Waals surface area contributed by atoms with Crippen LogP contribution in [0.2, 0.25) is 5.02 Å². The SMILES string of the molecule is CCOc1ccc(N(CC(=O)N(Cc2ccccc2Cl)[C@@H](Cc2ccccc2)C(=O)NC2CCCCC2)S(=O)(=O)c2ccc(SC)cc2)cc1. The van der Waals surface area contributed by atoms with Gasteiger partial charge in [-0.15, -0.1) is 11.8 Å². The molecule has 4 aromatic rings. The first kappa shape index (κ1) is 37.3. The van der Waals surface area contributed by atoms with E-state index in [-0.39, 0.29) is 29.8 Å². The van der Waals surface area contributed by atoms with Crippen molar-refractivity contribution < 1.29 is 22.7 Å². The molecule has 1 saturated carbocycles. The zero-order chi connectivity index (χ0) is 35.5. The standard InChI is InChI=1S/C39H44ClN3O5S2/c1-3-48-33-20-18-32(19-21-33)43(50(46,47)35-24-22-34(49-2)23-25-35)28-38(44)42(27-30-14-10-11-17-36(30)40)37(26-29-12-6-4-7-13-29)39(45)41-31-15-8-5-9-16-31/h4,6-7,10-14,17-25,31,37H,3,5,8-9,15-16,26-28H2,1-2H3,(H,41,45)/t37-/m0/s1. The minimum absolute atomic E-state index is 0.00762. The van der Waals surface area contributed by atoms with E-state index in [2.05, 4.69) is 5.32 Å². The molecule has 1 N–H and O–H groups in total. The summed E-state index contributed by atoms with van der Waals surface area (Å²) in [6.45, 7) is 1.77. The minimum atomic E-state index is -4.23. The Hall–Kier alpha value is -3.99. The van der Waals surface area contributed by atoms with Crippen molar-refractivity contribution in [1.29, 1.82) is 0 Å². The number of ether oxygens (including phenoxy) is 1. The molecule has 2 amide bonds. The maximum absolute atomic E-state index is 14.8. The van der Waals surface area contributed by atoms with E-state index < -0.39 is 28.5 Å². The fourth-order valence-electron chi connectivity index (χ4n) is 6.19. The maximum Gasteiger partial charge on any atom is 0.264 e. The van der Waals surface area contributed by atoms with Crippen LogP contribution >= 0.6 is 23.4 Å². The van der Waals surface area contributed by atoms with Gasteiger partial charge in [-0.25, -0.2) is 8.42 Å². The average molecular weight is 734 g/mol. The van der Waals surface area contributed by atoms with Crippen LogP contribution in [0.3, 0.4) is 0 Å². The molecule has 5 rings (SSSR count). The maximum atomic E-state index is 14.8. The molecule has 0 saturated heterocycles. The number of nitrogens with zero attached hydrogens (tertiary/aromatic N) is 2. The van der Waals surface area contributed by atoms with Crippen LogP contribution in [0.4, 0.5) is 5.69 Å². The van der Waals surface area contributed by atoms with Crippen molar-refractivity contribution in [3.05, 3.63) is 119 Å². The molecule has 0 radical (unpaired) electrons. The molecule has 1 aliphatic rings. The molecular formula is C39H44ClN3O5S2. The minimum Gasteiger partial charge on any atom is -0.494 e. The van der Waals surface area contributed by atoms with Crippen molar-refractivity contribution >= 4 is 50.9 Å². The van der Waals surface area contributed by atoms with Gasteiger partial charge in [0.25, 0.3) is 10.0 Å².